The Hall–Kier alpha value is -1.88. The molecule has 0 radical (unpaired) electrons. The summed E-state index contributed by atoms with van der Waals surface area (Å²) in [7, 11) is 0. The summed E-state index contributed by atoms with van der Waals surface area (Å²) in [5.41, 5.74) is 0.434. The predicted molar refractivity (Wildman–Crippen MR) is 58.6 cm³/mol. The molecule has 1 N–H and O–H groups in total. The lowest BCUT2D eigenvalue weighted by atomic mass is 10.1. The third kappa shape index (κ3) is 2.14. The second-order valence-electron chi connectivity index (χ2n) is 3.45. The molecule has 88 valence electrons. The molecule has 0 aliphatic rings. The molecule has 0 fully saturated rings. The van der Waals surface area contributed by atoms with Crippen molar-refractivity contribution in [2.45, 2.75) is 6.92 Å². The van der Waals surface area contributed by atoms with Gasteiger partial charge < -0.3 is 9.63 Å². The van der Waals surface area contributed by atoms with E-state index in [4.69, 9.17) is 21.2 Å². The van der Waals surface area contributed by atoms with Gasteiger partial charge >= 0.3 is 5.97 Å². The summed E-state index contributed by atoms with van der Waals surface area (Å²) in [6.45, 7) is 1.55. The minimum absolute atomic E-state index is 0.156. The molecule has 0 unspecified atom stereocenters. The molecule has 0 amide bonds. The number of carbonyl (C=O) groups is 1. The van der Waals surface area contributed by atoms with Crippen molar-refractivity contribution in [1.29, 1.82) is 0 Å². The number of aromatic nitrogens is 1. The Kier molecular flexibility index (Phi) is 2.85. The number of benzene rings is 1. The van der Waals surface area contributed by atoms with E-state index in [0.29, 0.717) is 11.1 Å². The van der Waals surface area contributed by atoms with Crippen LogP contribution in [0.5, 0.6) is 0 Å². The van der Waals surface area contributed by atoms with Crippen molar-refractivity contribution in [3.05, 3.63) is 40.3 Å². The van der Waals surface area contributed by atoms with Gasteiger partial charge in [0, 0.05) is 22.2 Å². The molecular weight excluding hydrogens is 249 g/mol. The van der Waals surface area contributed by atoms with Gasteiger partial charge in [0.05, 0.1) is 0 Å². The van der Waals surface area contributed by atoms with Gasteiger partial charge in [-0.3, -0.25) is 0 Å². The third-order valence-electron chi connectivity index (χ3n) is 2.29. The van der Waals surface area contributed by atoms with Crippen molar-refractivity contribution in [1.82, 2.24) is 5.16 Å². The summed E-state index contributed by atoms with van der Waals surface area (Å²) < 4.78 is 18.2. The third-order valence-corrected chi connectivity index (χ3v) is 2.69. The Morgan fingerprint density at radius 3 is 2.71 bits per heavy atom. The normalized spacial score (nSPS) is 10.5. The molecule has 2 aromatic rings. The van der Waals surface area contributed by atoms with Crippen molar-refractivity contribution >= 4 is 17.6 Å². The molecule has 0 spiro atoms. The Labute approximate surface area is 101 Å². The van der Waals surface area contributed by atoms with E-state index in [1.165, 1.54) is 18.2 Å². The molecule has 0 aliphatic heterocycles. The van der Waals surface area contributed by atoms with E-state index in [1.807, 2.05) is 0 Å². The summed E-state index contributed by atoms with van der Waals surface area (Å²) in [6, 6.07) is 3.92. The zero-order valence-corrected chi connectivity index (χ0v) is 9.45. The van der Waals surface area contributed by atoms with Gasteiger partial charge in [-0.2, -0.15) is 0 Å². The van der Waals surface area contributed by atoms with Crippen LogP contribution in [0.1, 0.15) is 16.1 Å². The van der Waals surface area contributed by atoms with E-state index in [1.54, 1.807) is 6.92 Å². The highest BCUT2D eigenvalue weighted by molar-refractivity contribution is 6.31. The van der Waals surface area contributed by atoms with E-state index in [-0.39, 0.29) is 16.5 Å². The first kappa shape index (κ1) is 11.6. The predicted octanol–water partition coefficient (Wildman–Crippen LogP) is 3.14. The van der Waals surface area contributed by atoms with E-state index in [0.717, 1.165) is 0 Å². The topological polar surface area (TPSA) is 63.3 Å². The number of carboxylic acid groups (broad SMARTS) is 1. The fraction of sp³-hybridized carbons (Fsp3) is 0.0909. The Balaban J connectivity index is 2.49. The largest absolute Gasteiger partial charge is 0.476 e. The lowest BCUT2D eigenvalue weighted by molar-refractivity contribution is 0.0686. The van der Waals surface area contributed by atoms with Crippen molar-refractivity contribution < 1.29 is 18.8 Å². The van der Waals surface area contributed by atoms with Crippen LogP contribution in [-0.2, 0) is 0 Å². The molecule has 2 rings (SSSR count). The first-order valence-corrected chi connectivity index (χ1v) is 5.03. The van der Waals surface area contributed by atoms with Crippen LogP contribution in [0, 0.1) is 12.7 Å². The van der Waals surface area contributed by atoms with Crippen LogP contribution in [0.3, 0.4) is 0 Å². The van der Waals surface area contributed by atoms with Gasteiger partial charge in [-0.25, -0.2) is 9.18 Å². The zero-order chi connectivity index (χ0) is 12.6. The summed E-state index contributed by atoms with van der Waals surface area (Å²) in [4.78, 5) is 10.6. The maximum atomic E-state index is 13.4. The molecular formula is C11H7ClFNO3. The minimum Gasteiger partial charge on any atom is -0.476 e. The molecule has 1 heterocycles. The van der Waals surface area contributed by atoms with Crippen LogP contribution in [-0.4, -0.2) is 16.2 Å². The molecule has 0 bridgehead atoms. The second-order valence-corrected chi connectivity index (χ2v) is 3.85. The molecule has 0 saturated heterocycles. The molecule has 1 aromatic heterocycles. The maximum Gasteiger partial charge on any atom is 0.358 e. The quantitative estimate of drug-likeness (QED) is 0.895. The summed E-state index contributed by atoms with van der Waals surface area (Å²) in [5.74, 6) is -1.54. The Bertz CT molecular complexity index is 571. The van der Waals surface area contributed by atoms with Crippen LogP contribution in [0.2, 0.25) is 5.02 Å². The van der Waals surface area contributed by atoms with Gasteiger partial charge in [0.15, 0.2) is 11.5 Å². The van der Waals surface area contributed by atoms with Gasteiger partial charge in [0.25, 0.3) is 0 Å². The smallest absolute Gasteiger partial charge is 0.358 e. The maximum absolute atomic E-state index is 13.4. The van der Waals surface area contributed by atoms with Crippen LogP contribution in [0.4, 0.5) is 4.39 Å². The number of hydrogen-bond donors (Lipinski definition) is 1. The van der Waals surface area contributed by atoms with Gasteiger partial charge in [-0.1, -0.05) is 16.8 Å². The van der Waals surface area contributed by atoms with E-state index in [2.05, 4.69) is 5.16 Å². The van der Waals surface area contributed by atoms with Crippen LogP contribution in [0.25, 0.3) is 11.3 Å². The molecule has 1 aromatic carbocycles. The molecule has 0 atom stereocenters. The molecule has 6 heteroatoms. The second kappa shape index (κ2) is 4.18. The van der Waals surface area contributed by atoms with Crippen molar-refractivity contribution in [3.63, 3.8) is 0 Å². The fourth-order valence-corrected chi connectivity index (χ4v) is 1.51. The average molecular weight is 256 g/mol. The molecule has 0 aliphatic carbocycles. The Morgan fingerprint density at radius 1 is 1.47 bits per heavy atom. The van der Waals surface area contributed by atoms with Crippen LogP contribution in [0.15, 0.2) is 22.7 Å². The molecule has 4 nitrogen and oxygen atoms in total. The summed E-state index contributed by atoms with van der Waals surface area (Å²) >= 11 is 5.82. The van der Waals surface area contributed by atoms with E-state index < -0.39 is 11.8 Å². The number of rotatable bonds is 2. The monoisotopic (exact) mass is 255 g/mol. The van der Waals surface area contributed by atoms with Crippen molar-refractivity contribution in [2.75, 3.05) is 0 Å². The van der Waals surface area contributed by atoms with Crippen LogP contribution >= 0.6 is 11.6 Å². The van der Waals surface area contributed by atoms with Crippen molar-refractivity contribution in [2.24, 2.45) is 0 Å². The number of carboxylic acids is 1. The Morgan fingerprint density at radius 2 is 2.18 bits per heavy atom. The first-order chi connectivity index (χ1) is 7.99. The van der Waals surface area contributed by atoms with E-state index >= 15 is 0 Å². The number of nitrogens with zero attached hydrogens (tertiary/aromatic N) is 1. The van der Waals surface area contributed by atoms with E-state index in [9.17, 15) is 9.18 Å². The van der Waals surface area contributed by atoms with Gasteiger partial charge in [0.2, 0.25) is 0 Å². The molecule has 0 saturated carbocycles. The summed E-state index contributed by atoms with van der Waals surface area (Å²) in [6.07, 6.45) is 0. The van der Waals surface area contributed by atoms with Gasteiger partial charge in [-0.15, -0.1) is 0 Å². The lowest BCUT2D eigenvalue weighted by Crippen LogP contribution is -1.94. The highest BCUT2D eigenvalue weighted by Gasteiger charge is 2.14. The minimum atomic E-state index is -1.21. The highest BCUT2D eigenvalue weighted by atomic mass is 35.5. The van der Waals surface area contributed by atoms with Crippen LogP contribution < -0.4 is 0 Å². The number of aromatic carboxylic acids is 1. The lowest BCUT2D eigenvalue weighted by Gasteiger charge is -2.02. The SMILES string of the molecule is Cc1c(F)cc(-c2cc(C(=O)O)no2)cc1Cl. The van der Waals surface area contributed by atoms with Gasteiger partial charge in [0.1, 0.15) is 5.82 Å². The first-order valence-electron chi connectivity index (χ1n) is 4.65. The standard InChI is InChI=1S/C11H7ClFNO3/c1-5-7(12)2-6(3-8(5)13)10-4-9(11(15)16)14-17-10/h2-4H,1H3,(H,15,16). The highest BCUT2D eigenvalue weighted by Crippen LogP contribution is 2.28. The van der Waals surface area contributed by atoms with Crippen molar-refractivity contribution in [3.8, 4) is 11.3 Å². The molecule has 17 heavy (non-hydrogen) atoms. The zero-order valence-electron chi connectivity index (χ0n) is 8.70. The summed E-state index contributed by atoms with van der Waals surface area (Å²) in [5, 5.41) is 12.3. The average Bonchev–Trinajstić information content (AvgIpc) is 2.74. The number of halogens is 2. The fourth-order valence-electron chi connectivity index (χ4n) is 1.30. The number of hydrogen-bond acceptors (Lipinski definition) is 3. The van der Waals surface area contributed by atoms with Gasteiger partial charge in [-0.05, 0) is 19.1 Å².